The summed E-state index contributed by atoms with van der Waals surface area (Å²) in [5.41, 5.74) is 11.1. The van der Waals surface area contributed by atoms with Gasteiger partial charge in [0.1, 0.15) is 17.3 Å². The van der Waals surface area contributed by atoms with Crippen molar-refractivity contribution in [3.8, 4) is 17.2 Å². The predicted molar refractivity (Wildman–Crippen MR) is 75.4 cm³/mol. The van der Waals surface area contributed by atoms with Crippen LogP contribution in [0.25, 0.3) is 11.1 Å². The summed E-state index contributed by atoms with van der Waals surface area (Å²) in [5.74, 6) is 0.479. The van der Waals surface area contributed by atoms with Gasteiger partial charge < -0.3 is 0 Å². The number of nitrogens with one attached hydrogen (secondary N) is 2. The molecule has 1 aliphatic carbocycles. The van der Waals surface area contributed by atoms with Crippen molar-refractivity contribution >= 4 is 5.82 Å². The second-order valence-electron chi connectivity index (χ2n) is 5.21. The standard InChI is InChI=1S/C16H16N4/c17-9-13-15(11-5-4-8-19-10-11)12-6-2-1-3-7-14(12)20-16(13)18/h4-5,8,10H,1-3,6-7H2,(H2,18,20)/p+2. The normalized spacial score (nSPS) is 14.2. The highest BCUT2D eigenvalue weighted by molar-refractivity contribution is 5.76. The maximum absolute atomic E-state index is 9.47. The number of aromatic nitrogens is 2. The molecule has 4 heteroatoms. The van der Waals surface area contributed by atoms with Crippen LogP contribution in [0.15, 0.2) is 24.5 Å². The van der Waals surface area contributed by atoms with Gasteiger partial charge in [0.15, 0.2) is 12.4 Å². The third kappa shape index (κ3) is 2.12. The highest BCUT2D eigenvalue weighted by atomic mass is 14.9. The zero-order chi connectivity index (χ0) is 13.9. The topological polar surface area (TPSA) is 78.1 Å². The minimum absolute atomic E-state index is 0.479. The second-order valence-corrected chi connectivity index (χ2v) is 5.21. The lowest BCUT2D eigenvalue weighted by Crippen LogP contribution is -2.22. The van der Waals surface area contributed by atoms with E-state index in [0.717, 1.165) is 24.0 Å². The van der Waals surface area contributed by atoms with E-state index in [-0.39, 0.29) is 0 Å². The van der Waals surface area contributed by atoms with Crippen LogP contribution in [0.5, 0.6) is 0 Å². The van der Waals surface area contributed by atoms with Crippen LogP contribution in [0.1, 0.15) is 36.1 Å². The zero-order valence-electron chi connectivity index (χ0n) is 11.4. The van der Waals surface area contributed by atoms with Gasteiger partial charge in [0, 0.05) is 29.2 Å². The molecule has 0 bridgehead atoms. The molecule has 1 aliphatic rings. The maximum atomic E-state index is 9.47. The van der Waals surface area contributed by atoms with Gasteiger partial charge in [-0.2, -0.15) is 5.26 Å². The predicted octanol–water partition coefficient (Wildman–Crippen LogP) is 1.70. The lowest BCUT2D eigenvalue weighted by molar-refractivity contribution is -0.377. The molecule has 20 heavy (non-hydrogen) atoms. The highest BCUT2D eigenvalue weighted by Gasteiger charge is 2.24. The zero-order valence-corrected chi connectivity index (χ0v) is 11.4. The minimum atomic E-state index is 0.479. The van der Waals surface area contributed by atoms with Crippen LogP contribution in [-0.2, 0) is 12.8 Å². The third-order valence-corrected chi connectivity index (χ3v) is 3.93. The number of aryl methyl sites for hydroxylation is 1. The lowest BCUT2D eigenvalue weighted by atomic mass is 9.92. The Morgan fingerprint density at radius 1 is 1.20 bits per heavy atom. The maximum Gasteiger partial charge on any atom is 0.289 e. The Morgan fingerprint density at radius 2 is 2.05 bits per heavy atom. The summed E-state index contributed by atoms with van der Waals surface area (Å²) in [6, 6.07) is 6.24. The minimum Gasteiger partial charge on any atom is -0.286 e. The SMILES string of the molecule is N#Cc1c(N)[nH+]c2c(c1-c1ccc[nH+]c1)CCCCC2. The van der Waals surface area contributed by atoms with Gasteiger partial charge in [-0.25, -0.2) is 9.97 Å². The number of anilines is 1. The van der Waals surface area contributed by atoms with Crippen LogP contribution >= 0.6 is 0 Å². The molecule has 0 spiro atoms. The van der Waals surface area contributed by atoms with Crippen molar-refractivity contribution < 1.29 is 9.97 Å². The Balaban J connectivity index is 2.30. The van der Waals surface area contributed by atoms with E-state index < -0.39 is 0 Å². The molecule has 2 aromatic heterocycles. The summed E-state index contributed by atoms with van der Waals surface area (Å²) in [4.78, 5) is 6.33. The van der Waals surface area contributed by atoms with Crippen molar-refractivity contribution in [1.29, 1.82) is 5.26 Å². The first-order valence-corrected chi connectivity index (χ1v) is 7.04. The number of rotatable bonds is 1. The van der Waals surface area contributed by atoms with Gasteiger partial charge >= 0.3 is 0 Å². The number of hydrogen-bond acceptors (Lipinski definition) is 2. The monoisotopic (exact) mass is 266 g/mol. The van der Waals surface area contributed by atoms with E-state index in [1.807, 2.05) is 24.5 Å². The molecule has 0 saturated heterocycles. The van der Waals surface area contributed by atoms with E-state index >= 15 is 0 Å². The molecule has 0 radical (unpaired) electrons. The number of H-pyrrole nitrogens is 2. The van der Waals surface area contributed by atoms with E-state index in [0.29, 0.717) is 11.4 Å². The highest BCUT2D eigenvalue weighted by Crippen LogP contribution is 2.32. The van der Waals surface area contributed by atoms with E-state index in [2.05, 4.69) is 16.0 Å². The van der Waals surface area contributed by atoms with Gasteiger partial charge in [-0.1, -0.05) is 6.42 Å². The summed E-state index contributed by atoms with van der Waals surface area (Å²) < 4.78 is 0. The number of aromatic amines is 2. The van der Waals surface area contributed by atoms with Crippen molar-refractivity contribution in [2.24, 2.45) is 0 Å². The van der Waals surface area contributed by atoms with Crippen molar-refractivity contribution in [3.63, 3.8) is 0 Å². The largest absolute Gasteiger partial charge is 0.289 e. The summed E-state index contributed by atoms with van der Waals surface area (Å²) in [6.45, 7) is 0. The molecule has 0 saturated carbocycles. The Bertz CT molecular complexity index is 671. The molecule has 3 rings (SSSR count). The molecule has 0 aromatic carbocycles. The van der Waals surface area contributed by atoms with Crippen molar-refractivity contribution in [1.82, 2.24) is 0 Å². The number of pyridine rings is 2. The summed E-state index contributed by atoms with van der Waals surface area (Å²) in [7, 11) is 0. The second kappa shape index (κ2) is 5.30. The van der Waals surface area contributed by atoms with Crippen LogP contribution in [0.4, 0.5) is 5.82 Å². The molecule has 100 valence electrons. The Kier molecular flexibility index (Phi) is 3.34. The number of nitrogens with zero attached hydrogens (tertiary/aromatic N) is 1. The van der Waals surface area contributed by atoms with Crippen LogP contribution in [0, 0.1) is 11.3 Å². The first-order chi connectivity index (χ1) is 9.81. The molecule has 2 aromatic rings. The Morgan fingerprint density at radius 3 is 2.80 bits per heavy atom. The average molecular weight is 266 g/mol. The third-order valence-electron chi connectivity index (χ3n) is 3.93. The van der Waals surface area contributed by atoms with Gasteiger partial charge in [0.25, 0.3) is 5.82 Å². The van der Waals surface area contributed by atoms with E-state index in [1.54, 1.807) is 0 Å². The van der Waals surface area contributed by atoms with Crippen LogP contribution in [0.2, 0.25) is 0 Å². The molecule has 2 heterocycles. The summed E-state index contributed by atoms with van der Waals surface area (Å²) in [6.07, 6.45) is 9.38. The molecular formula is C16H18N4+2. The quantitative estimate of drug-likeness (QED) is 0.797. The fourth-order valence-electron chi connectivity index (χ4n) is 2.99. The number of nitrogens with two attached hydrogens (primary N) is 1. The Hall–Kier alpha value is -2.41. The smallest absolute Gasteiger partial charge is 0.286 e. The molecule has 0 aliphatic heterocycles. The van der Waals surface area contributed by atoms with E-state index in [1.165, 1.54) is 30.5 Å². The molecule has 0 atom stereocenters. The molecule has 0 fully saturated rings. The number of nitriles is 1. The van der Waals surface area contributed by atoms with Crippen molar-refractivity contribution in [2.75, 3.05) is 5.73 Å². The summed E-state index contributed by atoms with van der Waals surface area (Å²) in [5, 5.41) is 9.47. The molecule has 4 N–H and O–H groups in total. The fourth-order valence-corrected chi connectivity index (χ4v) is 2.99. The van der Waals surface area contributed by atoms with Crippen molar-refractivity contribution in [3.05, 3.63) is 41.3 Å². The van der Waals surface area contributed by atoms with E-state index in [9.17, 15) is 5.26 Å². The molecule has 0 unspecified atom stereocenters. The number of hydrogen-bond donors (Lipinski definition) is 1. The number of fused-ring (bicyclic) bond motifs is 1. The van der Waals surface area contributed by atoms with Gasteiger partial charge in [0.05, 0.1) is 0 Å². The number of nitrogen functional groups attached to an aromatic ring is 1. The average Bonchev–Trinajstić information content (AvgIpc) is 2.71. The van der Waals surface area contributed by atoms with E-state index in [4.69, 9.17) is 5.73 Å². The van der Waals surface area contributed by atoms with Gasteiger partial charge in [-0.05, 0) is 25.3 Å². The Labute approximate surface area is 118 Å². The van der Waals surface area contributed by atoms with Gasteiger partial charge in [0.2, 0.25) is 0 Å². The van der Waals surface area contributed by atoms with Crippen molar-refractivity contribution in [2.45, 2.75) is 32.1 Å². The van der Waals surface area contributed by atoms with Crippen LogP contribution in [-0.4, -0.2) is 0 Å². The van der Waals surface area contributed by atoms with Gasteiger partial charge in [-0.15, -0.1) is 0 Å². The first-order valence-electron chi connectivity index (χ1n) is 7.04. The summed E-state index contributed by atoms with van der Waals surface area (Å²) >= 11 is 0. The molecule has 0 amide bonds. The van der Waals surface area contributed by atoms with Crippen LogP contribution in [0.3, 0.4) is 0 Å². The lowest BCUT2D eigenvalue weighted by Gasteiger charge is -2.11. The van der Waals surface area contributed by atoms with Crippen LogP contribution < -0.4 is 15.7 Å². The fraction of sp³-hybridized carbons (Fsp3) is 0.312. The first kappa shape index (κ1) is 12.6. The van der Waals surface area contributed by atoms with Gasteiger partial charge in [-0.3, -0.25) is 5.73 Å². The molecular weight excluding hydrogens is 248 g/mol. The molecule has 4 nitrogen and oxygen atoms in total.